The molecule has 0 aliphatic carbocycles. The Morgan fingerprint density at radius 2 is 1.62 bits per heavy atom. The number of para-hydroxylation sites is 1. The van der Waals surface area contributed by atoms with Crippen molar-refractivity contribution in [1.82, 2.24) is 14.9 Å². The third-order valence-electron chi connectivity index (χ3n) is 4.72. The lowest BCUT2D eigenvalue weighted by molar-refractivity contribution is 0.249. The summed E-state index contributed by atoms with van der Waals surface area (Å²) in [6.07, 6.45) is 1.68. The van der Waals surface area contributed by atoms with Crippen LogP contribution in [0.3, 0.4) is 0 Å². The average molecular weight is 318 g/mol. The van der Waals surface area contributed by atoms with Crippen molar-refractivity contribution in [3.8, 4) is 0 Å². The van der Waals surface area contributed by atoms with Crippen LogP contribution in [0.2, 0.25) is 0 Å². The van der Waals surface area contributed by atoms with Crippen molar-refractivity contribution in [2.75, 3.05) is 31.1 Å². The first-order valence-electron chi connectivity index (χ1n) is 8.52. The van der Waals surface area contributed by atoms with Gasteiger partial charge in [-0.25, -0.2) is 9.97 Å². The molecule has 3 aromatic rings. The molecule has 4 rings (SSSR count). The topological polar surface area (TPSA) is 32.3 Å². The molecular formula is C20H22N4. The van der Waals surface area contributed by atoms with E-state index < -0.39 is 0 Å². The Morgan fingerprint density at radius 1 is 0.875 bits per heavy atom. The Balaban J connectivity index is 1.45. The molecule has 122 valence electrons. The molecule has 0 unspecified atom stereocenters. The van der Waals surface area contributed by atoms with Crippen LogP contribution in [0.15, 0.2) is 54.9 Å². The zero-order valence-electron chi connectivity index (χ0n) is 14.0. The maximum atomic E-state index is 4.55. The molecular weight excluding hydrogens is 296 g/mol. The molecule has 0 saturated carbocycles. The molecule has 0 bridgehead atoms. The second kappa shape index (κ2) is 6.57. The largest absolute Gasteiger partial charge is 0.353 e. The SMILES string of the molecule is Cc1ccc(CN2CCN(c3ncnc4ccccc34)CC2)cc1. The molecule has 2 aromatic carbocycles. The van der Waals surface area contributed by atoms with Gasteiger partial charge in [-0.15, -0.1) is 0 Å². The number of aryl methyl sites for hydroxylation is 1. The van der Waals surface area contributed by atoms with E-state index in [-0.39, 0.29) is 0 Å². The average Bonchev–Trinajstić information content (AvgIpc) is 2.64. The molecule has 4 heteroatoms. The Labute approximate surface area is 142 Å². The van der Waals surface area contributed by atoms with Crippen LogP contribution in [-0.4, -0.2) is 41.0 Å². The van der Waals surface area contributed by atoms with E-state index in [4.69, 9.17) is 0 Å². The van der Waals surface area contributed by atoms with E-state index in [0.29, 0.717) is 0 Å². The second-order valence-corrected chi connectivity index (χ2v) is 6.46. The minimum absolute atomic E-state index is 1.01. The minimum Gasteiger partial charge on any atom is -0.353 e. The van der Waals surface area contributed by atoms with Gasteiger partial charge in [0.2, 0.25) is 0 Å². The predicted molar refractivity (Wildman–Crippen MR) is 98.2 cm³/mol. The lowest BCUT2D eigenvalue weighted by Crippen LogP contribution is -2.46. The van der Waals surface area contributed by atoms with E-state index in [0.717, 1.165) is 49.4 Å². The number of benzene rings is 2. The van der Waals surface area contributed by atoms with Gasteiger partial charge in [-0.05, 0) is 24.6 Å². The summed E-state index contributed by atoms with van der Waals surface area (Å²) in [7, 11) is 0. The van der Waals surface area contributed by atoms with Gasteiger partial charge in [-0.3, -0.25) is 4.90 Å². The van der Waals surface area contributed by atoms with Crippen molar-refractivity contribution in [1.29, 1.82) is 0 Å². The summed E-state index contributed by atoms with van der Waals surface area (Å²) in [5.41, 5.74) is 3.73. The lowest BCUT2D eigenvalue weighted by Gasteiger charge is -2.35. The fourth-order valence-corrected chi connectivity index (χ4v) is 3.31. The molecule has 0 N–H and O–H groups in total. The van der Waals surface area contributed by atoms with Crippen molar-refractivity contribution in [3.05, 3.63) is 66.0 Å². The van der Waals surface area contributed by atoms with Gasteiger partial charge in [0.25, 0.3) is 0 Å². The molecule has 24 heavy (non-hydrogen) atoms. The van der Waals surface area contributed by atoms with E-state index in [1.54, 1.807) is 6.33 Å². The molecule has 0 atom stereocenters. The smallest absolute Gasteiger partial charge is 0.139 e. The summed E-state index contributed by atoms with van der Waals surface area (Å²) in [5.74, 6) is 1.07. The molecule has 0 spiro atoms. The molecule has 0 radical (unpaired) electrons. The maximum absolute atomic E-state index is 4.55. The Morgan fingerprint density at radius 3 is 2.42 bits per heavy atom. The van der Waals surface area contributed by atoms with E-state index in [9.17, 15) is 0 Å². The van der Waals surface area contributed by atoms with Gasteiger partial charge in [0.1, 0.15) is 12.1 Å². The number of anilines is 1. The highest BCUT2D eigenvalue weighted by Crippen LogP contribution is 2.23. The molecule has 1 saturated heterocycles. The van der Waals surface area contributed by atoms with Crippen LogP contribution in [0.5, 0.6) is 0 Å². The van der Waals surface area contributed by atoms with E-state index in [1.807, 2.05) is 12.1 Å². The molecule has 1 aliphatic heterocycles. The minimum atomic E-state index is 1.01. The van der Waals surface area contributed by atoms with Crippen molar-refractivity contribution in [2.45, 2.75) is 13.5 Å². The standard InChI is InChI=1S/C20H22N4/c1-16-6-8-17(9-7-16)14-23-10-12-24(13-11-23)20-18-4-2-3-5-19(18)21-15-22-20/h2-9,15H,10-14H2,1H3. The summed E-state index contributed by atoms with van der Waals surface area (Å²) < 4.78 is 0. The van der Waals surface area contributed by atoms with Crippen LogP contribution in [0.1, 0.15) is 11.1 Å². The number of aromatic nitrogens is 2. The van der Waals surface area contributed by atoms with Crippen LogP contribution in [0.4, 0.5) is 5.82 Å². The van der Waals surface area contributed by atoms with E-state index in [2.05, 4.69) is 63.1 Å². The van der Waals surface area contributed by atoms with Gasteiger partial charge in [-0.2, -0.15) is 0 Å². The zero-order valence-corrected chi connectivity index (χ0v) is 14.0. The lowest BCUT2D eigenvalue weighted by atomic mass is 10.1. The van der Waals surface area contributed by atoms with E-state index in [1.165, 1.54) is 11.1 Å². The van der Waals surface area contributed by atoms with Crippen molar-refractivity contribution < 1.29 is 0 Å². The van der Waals surface area contributed by atoms with Crippen molar-refractivity contribution in [2.24, 2.45) is 0 Å². The first-order chi connectivity index (χ1) is 11.8. The van der Waals surface area contributed by atoms with Gasteiger partial charge < -0.3 is 4.90 Å². The monoisotopic (exact) mass is 318 g/mol. The molecule has 2 heterocycles. The third-order valence-corrected chi connectivity index (χ3v) is 4.72. The highest BCUT2D eigenvalue weighted by Gasteiger charge is 2.19. The third kappa shape index (κ3) is 3.10. The predicted octanol–water partition coefficient (Wildman–Crippen LogP) is 3.26. The van der Waals surface area contributed by atoms with Gasteiger partial charge in [0.15, 0.2) is 0 Å². The molecule has 4 nitrogen and oxygen atoms in total. The summed E-state index contributed by atoms with van der Waals surface area (Å²) in [4.78, 5) is 13.8. The van der Waals surface area contributed by atoms with Crippen LogP contribution in [-0.2, 0) is 6.54 Å². The number of piperazine rings is 1. The van der Waals surface area contributed by atoms with Gasteiger partial charge in [0, 0.05) is 38.1 Å². The van der Waals surface area contributed by atoms with Crippen LogP contribution in [0, 0.1) is 6.92 Å². The zero-order chi connectivity index (χ0) is 16.4. The number of rotatable bonds is 3. The first-order valence-corrected chi connectivity index (χ1v) is 8.52. The second-order valence-electron chi connectivity index (χ2n) is 6.46. The van der Waals surface area contributed by atoms with Crippen molar-refractivity contribution in [3.63, 3.8) is 0 Å². The quantitative estimate of drug-likeness (QED) is 0.742. The summed E-state index contributed by atoms with van der Waals surface area (Å²) in [6.45, 7) is 7.30. The fourth-order valence-electron chi connectivity index (χ4n) is 3.31. The molecule has 0 amide bonds. The Kier molecular flexibility index (Phi) is 4.13. The molecule has 1 aliphatic rings. The van der Waals surface area contributed by atoms with Gasteiger partial charge in [0.05, 0.1) is 5.52 Å². The van der Waals surface area contributed by atoms with Crippen LogP contribution >= 0.6 is 0 Å². The molecule has 1 fully saturated rings. The number of hydrogen-bond acceptors (Lipinski definition) is 4. The number of hydrogen-bond donors (Lipinski definition) is 0. The summed E-state index contributed by atoms with van der Waals surface area (Å²) in [6, 6.07) is 17.1. The highest BCUT2D eigenvalue weighted by molar-refractivity contribution is 5.89. The Hall–Kier alpha value is -2.46. The van der Waals surface area contributed by atoms with Crippen molar-refractivity contribution >= 4 is 16.7 Å². The molecule has 1 aromatic heterocycles. The Bertz CT molecular complexity index is 815. The first kappa shape index (κ1) is 15.1. The maximum Gasteiger partial charge on any atom is 0.139 e. The fraction of sp³-hybridized carbons (Fsp3) is 0.300. The van der Waals surface area contributed by atoms with E-state index >= 15 is 0 Å². The number of nitrogens with zero attached hydrogens (tertiary/aromatic N) is 4. The number of fused-ring (bicyclic) bond motifs is 1. The highest BCUT2D eigenvalue weighted by atomic mass is 15.3. The summed E-state index contributed by atoms with van der Waals surface area (Å²) in [5, 5.41) is 1.15. The van der Waals surface area contributed by atoms with Gasteiger partial charge >= 0.3 is 0 Å². The van der Waals surface area contributed by atoms with Gasteiger partial charge in [-0.1, -0.05) is 42.0 Å². The normalized spacial score (nSPS) is 15.8. The summed E-state index contributed by atoms with van der Waals surface area (Å²) >= 11 is 0. The van der Waals surface area contributed by atoms with Crippen LogP contribution in [0.25, 0.3) is 10.9 Å². The van der Waals surface area contributed by atoms with Crippen LogP contribution < -0.4 is 4.90 Å².